The molecule has 0 aliphatic heterocycles. The number of pyridine rings is 1. The van der Waals surface area contributed by atoms with Crippen molar-refractivity contribution in [3.8, 4) is 0 Å². The van der Waals surface area contributed by atoms with Crippen molar-refractivity contribution in [1.82, 2.24) is 4.98 Å². The first-order valence-electron chi connectivity index (χ1n) is 4.83. The summed E-state index contributed by atoms with van der Waals surface area (Å²) in [5.74, 6) is -0.205. The number of esters is 1. The Kier molecular flexibility index (Phi) is 2.48. The third kappa shape index (κ3) is 1.50. The Morgan fingerprint density at radius 3 is 3.29 bits per heavy atom. The fraction of sp³-hybridized carbons (Fsp3) is 0.455. The van der Waals surface area contributed by atoms with Crippen LogP contribution in [0.4, 0.5) is 0 Å². The number of nitrogens with zero attached hydrogens (tertiary/aromatic N) is 1. The van der Waals surface area contributed by atoms with Gasteiger partial charge in [-0.2, -0.15) is 0 Å². The van der Waals surface area contributed by atoms with Gasteiger partial charge in [-0.3, -0.25) is 9.78 Å². The number of methoxy groups -OCH3 is 1. The van der Waals surface area contributed by atoms with Crippen LogP contribution in [-0.4, -0.2) is 18.1 Å². The molecule has 1 aromatic heterocycles. The maximum absolute atomic E-state index is 11.5. The van der Waals surface area contributed by atoms with Crippen molar-refractivity contribution in [3.05, 3.63) is 29.6 Å². The Hall–Kier alpha value is -1.38. The average Bonchev–Trinajstić information content (AvgIpc) is 2.27. The second kappa shape index (κ2) is 3.78. The first-order chi connectivity index (χ1) is 6.83. The molecule has 74 valence electrons. The summed E-state index contributed by atoms with van der Waals surface area (Å²) < 4.78 is 4.79. The standard InChI is InChI=1S/C11H13NO2/c1-14-11(13)10-4-2-3-8-7-12-6-5-9(8)10/h5-7,10H,2-4H2,1H3. The summed E-state index contributed by atoms with van der Waals surface area (Å²) in [7, 11) is 1.44. The highest BCUT2D eigenvalue weighted by Gasteiger charge is 2.26. The van der Waals surface area contributed by atoms with Crippen LogP contribution in [0, 0.1) is 0 Å². The highest BCUT2D eigenvalue weighted by atomic mass is 16.5. The quantitative estimate of drug-likeness (QED) is 0.634. The number of ether oxygens (including phenoxy) is 1. The molecule has 0 radical (unpaired) electrons. The second-order valence-electron chi connectivity index (χ2n) is 3.54. The van der Waals surface area contributed by atoms with E-state index in [0.717, 1.165) is 24.8 Å². The predicted molar refractivity (Wildman–Crippen MR) is 51.9 cm³/mol. The van der Waals surface area contributed by atoms with E-state index in [2.05, 4.69) is 4.98 Å². The summed E-state index contributed by atoms with van der Waals surface area (Å²) in [5.41, 5.74) is 2.28. The molecule has 2 rings (SSSR count). The number of fused-ring (bicyclic) bond motifs is 1. The van der Waals surface area contributed by atoms with Gasteiger partial charge in [-0.15, -0.1) is 0 Å². The number of carbonyl (C=O) groups is 1. The Bertz CT molecular complexity index is 349. The lowest BCUT2D eigenvalue weighted by Crippen LogP contribution is -2.19. The Balaban J connectivity index is 2.35. The minimum Gasteiger partial charge on any atom is -0.469 e. The van der Waals surface area contributed by atoms with Gasteiger partial charge in [0.15, 0.2) is 0 Å². The third-order valence-electron chi connectivity index (χ3n) is 2.74. The second-order valence-corrected chi connectivity index (χ2v) is 3.54. The maximum atomic E-state index is 11.5. The molecule has 3 heteroatoms. The van der Waals surface area contributed by atoms with E-state index in [4.69, 9.17) is 4.74 Å². The molecule has 1 unspecified atom stereocenters. The van der Waals surface area contributed by atoms with E-state index in [1.807, 2.05) is 12.3 Å². The summed E-state index contributed by atoms with van der Waals surface area (Å²) in [6.07, 6.45) is 6.54. The summed E-state index contributed by atoms with van der Waals surface area (Å²) in [6, 6.07) is 1.93. The van der Waals surface area contributed by atoms with E-state index in [1.54, 1.807) is 6.20 Å². The van der Waals surface area contributed by atoms with Gasteiger partial charge in [0.05, 0.1) is 13.0 Å². The molecule has 0 aromatic carbocycles. The fourth-order valence-electron chi connectivity index (χ4n) is 2.03. The first kappa shape index (κ1) is 9.19. The molecule has 0 fully saturated rings. The van der Waals surface area contributed by atoms with Crippen LogP contribution in [0.15, 0.2) is 18.5 Å². The minimum absolute atomic E-state index is 0.0771. The van der Waals surface area contributed by atoms with Gasteiger partial charge in [-0.25, -0.2) is 0 Å². The molecule has 0 bridgehead atoms. The summed E-state index contributed by atoms with van der Waals surface area (Å²) in [4.78, 5) is 15.6. The predicted octanol–water partition coefficient (Wildman–Crippen LogP) is 1.67. The zero-order chi connectivity index (χ0) is 9.97. The average molecular weight is 191 g/mol. The normalized spacial score (nSPS) is 19.9. The molecule has 1 heterocycles. The monoisotopic (exact) mass is 191 g/mol. The smallest absolute Gasteiger partial charge is 0.313 e. The Morgan fingerprint density at radius 2 is 2.50 bits per heavy atom. The van der Waals surface area contributed by atoms with Crippen LogP contribution >= 0.6 is 0 Å². The van der Waals surface area contributed by atoms with Crippen LogP contribution < -0.4 is 0 Å². The largest absolute Gasteiger partial charge is 0.469 e. The number of aromatic nitrogens is 1. The van der Waals surface area contributed by atoms with Crippen molar-refractivity contribution in [1.29, 1.82) is 0 Å². The highest BCUT2D eigenvalue weighted by Crippen LogP contribution is 2.31. The van der Waals surface area contributed by atoms with Crippen molar-refractivity contribution in [2.45, 2.75) is 25.2 Å². The lowest BCUT2D eigenvalue weighted by molar-refractivity contribution is -0.142. The SMILES string of the molecule is COC(=O)C1CCCc2cnccc21. The van der Waals surface area contributed by atoms with Crippen LogP contribution in [0.25, 0.3) is 0 Å². The van der Waals surface area contributed by atoms with Gasteiger partial charge in [0.2, 0.25) is 0 Å². The van der Waals surface area contributed by atoms with E-state index in [0.29, 0.717) is 0 Å². The van der Waals surface area contributed by atoms with Gasteiger partial charge in [0.25, 0.3) is 0 Å². The number of rotatable bonds is 1. The van der Waals surface area contributed by atoms with Crippen LogP contribution in [-0.2, 0) is 16.0 Å². The topological polar surface area (TPSA) is 39.2 Å². The maximum Gasteiger partial charge on any atom is 0.313 e. The van der Waals surface area contributed by atoms with Gasteiger partial charge < -0.3 is 4.74 Å². The van der Waals surface area contributed by atoms with Gasteiger partial charge in [-0.05, 0) is 36.5 Å². The van der Waals surface area contributed by atoms with E-state index < -0.39 is 0 Å². The molecular weight excluding hydrogens is 178 g/mol. The summed E-state index contributed by atoms with van der Waals surface area (Å²) in [5, 5.41) is 0. The molecule has 1 aliphatic rings. The number of aryl methyl sites for hydroxylation is 1. The molecule has 0 saturated carbocycles. The van der Waals surface area contributed by atoms with Crippen LogP contribution in [0.2, 0.25) is 0 Å². The lowest BCUT2D eigenvalue weighted by Gasteiger charge is -2.22. The zero-order valence-electron chi connectivity index (χ0n) is 8.19. The molecule has 0 N–H and O–H groups in total. The molecule has 1 atom stereocenters. The molecule has 1 aliphatic carbocycles. The summed E-state index contributed by atoms with van der Waals surface area (Å²) in [6.45, 7) is 0. The van der Waals surface area contributed by atoms with E-state index in [1.165, 1.54) is 12.7 Å². The van der Waals surface area contributed by atoms with E-state index in [9.17, 15) is 4.79 Å². The Morgan fingerprint density at radius 1 is 1.64 bits per heavy atom. The fourth-order valence-corrected chi connectivity index (χ4v) is 2.03. The molecule has 14 heavy (non-hydrogen) atoms. The molecule has 1 aromatic rings. The van der Waals surface area contributed by atoms with Crippen molar-refractivity contribution < 1.29 is 9.53 Å². The zero-order valence-corrected chi connectivity index (χ0v) is 8.19. The van der Waals surface area contributed by atoms with Gasteiger partial charge in [-0.1, -0.05) is 0 Å². The van der Waals surface area contributed by atoms with E-state index in [-0.39, 0.29) is 11.9 Å². The highest BCUT2D eigenvalue weighted by molar-refractivity contribution is 5.78. The summed E-state index contributed by atoms with van der Waals surface area (Å²) >= 11 is 0. The molecular formula is C11H13NO2. The van der Waals surface area contributed by atoms with Crippen molar-refractivity contribution in [3.63, 3.8) is 0 Å². The van der Waals surface area contributed by atoms with Crippen molar-refractivity contribution in [2.75, 3.05) is 7.11 Å². The van der Waals surface area contributed by atoms with E-state index >= 15 is 0 Å². The minimum atomic E-state index is -0.128. The van der Waals surface area contributed by atoms with Crippen LogP contribution in [0.3, 0.4) is 0 Å². The molecule has 0 saturated heterocycles. The van der Waals surface area contributed by atoms with Crippen molar-refractivity contribution >= 4 is 5.97 Å². The van der Waals surface area contributed by atoms with Crippen LogP contribution in [0.5, 0.6) is 0 Å². The van der Waals surface area contributed by atoms with Crippen LogP contribution in [0.1, 0.15) is 29.9 Å². The Labute approximate surface area is 83.1 Å². The van der Waals surface area contributed by atoms with Gasteiger partial charge in [0, 0.05) is 12.4 Å². The number of carbonyl (C=O) groups excluding carboxylic acids is 1. The van der Waals surface area contributed by atoms with Gasteiger partial charge >= 0.3 is 5.97 Å². The number of hydrogen-bond donors (Lipinski definition) is 0. The third-order valence-corrected chi connectivity index (χ3v) is 2.74. The first-order valence-corrected chi connectivity index (χ1v) is 4.83. The molecule has 0 amide bonds. The van der Waals surface area contributed by atoms with Crippen molar-refractivity contribution in [2.24, 2.45) is 0 Å². The number of hydrogen-bond acceptors (Lipinski definition) is 3. The molecule has 3 nitrogen and oxygen atoms in total. The molecule has 0 spiro atoms. The van der Waals surface area contributed by atoms with Gasteiger partial charge in [0.1, 0.15) is 0 Å². The lowest BCUT2D eigenvalue weighted by atomic mass is 9.84.